The van der Waals surface area contributed by atoms with Crippen LogP contribution in [0, 0.1) is 0 Å². The van der Waals surface area contributed by atoms with E-state index in [9.17, 15) is 4.79 Å². The lowest BCUT2D eigenvalue weighted by molar-refractivity contribution is 0.0593. The number of thioether (sulfide) groups is 1. The van der Waals surface area contributed by atoms with Crippen LogP contribution >= 0.6 is 11.8 Å². The molecule has 0 aromatic carbocycles. The van der Waals surface area contributed by atoms with Gasteiger partial charge >= 0.3 is 5.97 Å². The number of fused-ring (bicyclic) bond motifs is 1. The zero-order valence-corrected chi connectivity index (χ0v) is 7.43. The third kappa shape index (κ3) is 1.01. The van der Waals surface area contributed by atoms with Crippen LogP contribution < -0.4 is 0 Å². The van der Waals surface area contributed by atoms with Crippen LogP contribution in [-0.2, 0) is 16.4 Å². The SMILES string of the molecule is COC(=O)c1ncn2c1CSC2. The fourth-order valence-corrected chi connectivity index (χ4v) is 2.18. The molecule has 12 heavy (non-hydrogen) atoms. The van der Waals surface area contributed by atoms with Crippen LogP contribution in [0.15, 0.2) is 6.33 Å². The van der Waals surface area contributed by atoms with Gasteiger partial charge in [0.25, 0.3) is 0 Å². The maximum atomic E-state index is 11.1. The Kier molecular flexibility index (Phi) is 1.80. The van der Waals surface area contributed by atoms with E-state index in [2.05, 4.69) is 9.72 Å². The maximum absolute atomic E-state index is 11.1. The third-order valence-electron chi connectivity index (χ3n) is 1.79. The molecule has 1 aliphatic rings. The summed E-state index contributed by atoms with van der Waals surface area (Å²) in [6, 6.07) is 0. The van der Waals surface area contributed by atoms with E-state index in [-0.39, 0.29) is 5.97 Å². The molecule has 2 heterocycles. The van der Waals surface area contributed by atoms with Crippen molar-refractivity contribution in [2.24, 2.45) is 0 Å². The van der Waals surface area contributed by atoms with Crippen molar-refractivity contribution in [1.29, 1.82) is 0 Å². The number of esters is 1. The van der Waals surface area contributed by atoms with E-state index in [4.69, 9.17) is 0 Å². The first-order valence-electron chi connectivity index (χ1n) is 3.53. The number of imidazole rings is 1. The molecule has 1 aliphatic heterocycles. The molecule has 0 atom stereocenters. The number of nitrogens with zero attached hydrogens (tertiary/aromatic N) is 2. The summed E-state index contributed by atoms with van der Waals surface area (Å²) in [5, 5.41) is 0. The minimum Gasteiger partial charge on any atom is -0.464 e. The Hall–Kier alpha value is -0.970. The molecule has 0 spiro atoms. The minimum absolute atomic E-state index is 0.341. The number of carbonyl (C=O) groups excluding carboxylic acids is 1. The lowest BCUT2D eigenvalue weighted by Crippen LogP contribution is -2.04. The standard InChI is InChI=1S/C7H8N2O2S/c1-11-7(10)6-5-2-12-4-9(5)3-8-6/h3H,2,4H2,1H3. The second-order valence-corrected chi connectivity index (χ2v) is 3.43. The number of rotatable bonds is 1. The van der Waals surface area contributed by atoms with E-state index in [0.29, 0.717) is 5.69 Å². The molecule has 0 radical (unpaired) electrons. The molecule has 4 nitrogen and oxygen atoms in total. The monoisotopic (exact) mass is 184 g/mol. The number of aromatic nitrogens is 2. The molecule has 0 aliphatic carbocycles. The van der Waals surface area contributed by atoms with Crippen molar-refractivity contribution < 1.29 is 9.53 Å². The zero-order chi connectivity index (χ0) is 8.55. The molecule has 0 N–H and O–H groups in total. The quantitative estimate of drug-likeness (QED) is 0.607. The van der Waals surface area contributed by atoms with Gasteiger partial charge in [0.05, 0.1) is 25.0 Å². The van der Waals surface area contributed by atoms with Crippen molar-refractivity contribution in [3.05, 3.63) is 17.7 Å². The summed E-state index contributed by atoms with van der Waals surface area (Å²) < 4.78 is 6.56. The van der Waals surface area contributed by atoms with Crippen molar-refractivity contribution in [3.8, 4) is 0 Å². The van der Waals surface area contributed by atoms with Gasteiger partial charge in [0.1, 0.15) is 0 Å². The highest BCUT2D eigenvalue weighted by atomic mass is 32.2. The first kappa shape index (κ1) is 7.67. The number of ether oxygens (including phenoxy) is 1. The largest absolute Gasteiger partial charge is 0.464 e. The van der Waals surface area contributed by atoms with Gasteiger partial charge in [0.15, 0.2) is 5.69 Å². The Labute approximate surface area is 73.9 Å². The van der Waals surface area contributed by atoms with Crippen LogP contribution in [0.3, 0.4) is 0 Å². The lowest BCUT2D eigenvalue weighted by atomic mass is 10.3. The highest BCUT2D eigenvalue weighted by Gasteiger charge is 2.21. The van der Waals surface area contributed by atoms with E-state index in [0.717, 1.165) is 17.3 Å². The number of methoxy groups -OCH3 is 1. The van der Waals surface area contributed by atoms with Gasteiger partial charge in [-0.1, -0.05) is 0 Å². The number of hydrogen-bond acceptors (Lipinski definition) is 4. The van der Waals surface area contributed by atoms with E-state index >= 15 is 0 Å². The van der Waals surface area contributed by atoms with Gasteiger partial charge in [0.2, 0.25) is 0 Å². The Balaban J connectivity index is 2.39. The van der Waals surface area contributed by atoms with E-state index < -0.39 is 0 Å². The van der Waals surface area contributed by atoms with Gasteiger partial charge in [-0.25, -0.2) is 9.78 Å². The average Bonchev–Trinajstić information content (AvgIpc) is 2.62. The molecular formula is C7H8N2O2S. The summed E-state index contributed by atoms with van der Waals surface area (Å²) in [7, 11) is 1.37. The Morgan fingerprint density at radius 3 is 3.42 bits per heavy atom. The van der Waals surface area contributed by atoms with Crippen molar-refractivity contribution in [2.75, 3.05) is 7.11 Å². The van der Waals surface area contributed by atoms with E-state index in [1.165, 1.54) is 7.11 Å². The molecule has 0 saturated heterocycles. The Morgan fingerprint density at radius 2 is 2.67 bits per heavy atom. The molecule has 0 fully saturated rings. The van der Waals surface area contributed by atoms with E-state index in [1.807, 2.05) is 4.57 Å². The Morgan fingerprint density at radius 1 is 1.83 bits per heavy atom. The number of carbonyl (C=O) groups is 1. The molecule has 1 aromatic heterocycles. The summed E-state index contributed by atoms with van der Waals surface area (Å²) in [6.45, 7) is 0. The lowest BCUT2D eigenvalue weighted by Gasteiger charge is -1.95. The summed E-state index contributed by atoms with van der Waals surface area (Å²) in [6.07, 6.45) is 1.68. The molecule has 0 saturated carbocycles. The molecule has 0 unspecified atom stereocenters. The first-order valence-corrected chi connectivity index (χ1v) is 4.68. The summed E-state index contributed by atoms with van der Waals surface area (Å²) in [5.74, 6) is 1.40. The molecule has 5 heteroatoms. The van der Waals surface area contributed by atoms with Gasteiger partial charge < -0.3 is 9.30 Å². The van der Waals surface area contributed by atoms with Gasteiger partial charge in [-0.05, 0) is 0 Å². The van der Waals surface area contributed by atoms with Crippen LogP contribution in [0.5, 0.6) is 0 Å². The molecule has 1 aromatic rings. The van der Waals surface area contributed by atoms with Gasteiger partial charge in [-0.15, -0.1) is 11.8 Å². The van der Waals surface area contributed by atoms with Crippen LogP contribution in [-0.4, -0.2) is 22.6 Å². The van der Waals surface area contributed by atoms with Crippen LogP contribution in [0.25, 0.3) is 0 Å². The highest BCUT2D eigenvalue weighted by molar-refractivity contribution is 7.97. The molecule has 0 amide bonds. The normalized spacial score (nSPS) is 14.4. The van der Waals surface area contributed by atoms with Gasteiger partial charge in [-0.2, -0.15) is 0 Å². The fourth-order valence-electron chi connectivity index (χ4n) is 1.18. The third-order valence-corrected chi connectivity index (χ3v) is 2.73. The topological polar surface area (TPSA) is 44.1 Å². The second-order valence-electron chi connectivity index (χ2n) is 2.48. The smallest absolute Gasteiger partial charge is 0.358 e. The van der Waals surface area contributed by atoms with Crippen LogP contribution in [0.2, 0.25) is 0 Å². The molecule has 64 valence electrons. The minimum atomic E-state index is -0.341. The fraction of sp³-hybridized carbons (Fsp3) is 0.429. The van der Waals surface area contributed by atoms with Crippen LogP contribution in [0.4, 0.5) is 0 Å². The number of hydrogen-bond donors (Lipinski definition) is 0. The first-order chi connectivity index (χ1) is 5.83. The highest BCUT2D eigenvalue weighted by Crippen LogP contribution is 2.25. The maximum Gasteiger partial charge on any atom is 0.358 e. The second kappa shape index (κ2) is 2.82. The van der Waals surface area contributed by atoms with Crippen molar-refractivity contribution in [2.45, 2.75) is 11.6 Å². The predicted octanol–water partition coefficient (Wildman–Crippen LogP) is 0.874. The molecule has 2 rings (SSSR count). The molecular weight excluding hydrogens is 176 g/mol. The predicted molar refractivity (Wildman–Crippen MR) is 44.9 cm³/mol. The van der Waals surface area contributed by atoms with Crippen LogP contribution in [0.1, 0.15) is 16.2 Å². The summed E-state index contributed by atoms with van der Waals surface area (Å²) in [5.41, 5.74) is 1.44. The average molecular weight is 184 g/mol. The van der Waals surface area contributed by atoms with Crippen molar-refractivity contribution in [3.63, 3.8) is 0 Å². The summed E-state index contributed by atoms with van der Waals surface area (Å²) in [4.78, 5) is 15.1. The Bertz CT molecular complexity index is 321. The molecule has 0 bridgehead atoms. The van der Waals surface area contributed by atoms with Crippen molar-refractivity contribution >= 4 is 17.7 Å². The van der Waals surface area contributed by atoms with E-state index in [1.54, 1.807) is 18.1 Å². The zero-order valence-electron chi connectivity index (χ0n) is 6.61. The van der Waals surface area contributed by atoms with Gasteiger partial charge in [0, 0.05) is 5.75 Å². The van der Waals surface area contributed by atoms with Crippen molar-refractivity contribution in [1.82, 2.24) is 9.55 Å². The van der Waals surface area contributed by atoms with Gasteiger partial charge in [-0.3, -0.25) is 0 Å². The summed E-state index contributed by atoms with van der Waals surface area (Å²) >= 11 is 1.77.